The zero-order valence-corrected chi connectivity index (χ0v) is 3.94. The number of nitrogens with two attached hydrogens (primary N) is 1. The van der Waals surface area contributed by atoms with Crippen molar-refractivity contribution < 1.29 is 5.11 Å². The van der Waals surface area contributed by atoms with Crippen LogP contribution in [-0.4, -0.2) is 11.0 Å². The Kier molecular flexibility index (Phi) is 2.67. The highest BCUT2D eigenvalue weighted by Gasteiger charge is 1.79. The Bertz CT molecular complexity index is 61.8. The molecule has 0 atom stereocenters. The SMILES string of the molecule is NC=C(O)CCl. The lowest BCUT2D eigenvalue weighted by Crippen LogP contribution is -1.86. The van der Waals surface area contributed by atoms with Crippen molar-refractivity contribution in [1.29, 1.82) is 0 Å². The smallest absolute Gasteiger partial charge is 0.122 e. The first-order chi connectivity index (χ1) is 2.81. The van der Waals surface area contributed by atoms with Gasteiger partial charge in [-0.15, -0.1) is 11.6 Å². The number of rotatable bonds is 1. The third-order valence-corrected chi connectivity index (χ3v) is 0.603. The highest BCUT2D eigenvalue weighted by atomic mass is 35.5. The Balaban J connectivity index is 3.22. The number of alkyl halides is 1. The number of hydrogen-bond acceptors (Lipinski definition) is 2. The molecule has 0 saturated heterocycles. The van der Waals surface area contributed by atoms with Crippen molar-refractivity contribution in [1.82, 2.24) is 0 Å². The second kappa shape index (κ2) is 2.85. The van der Waals surface area contributed by atoms with Crippen molar-refractivity contribution in [2.45, 2.75) is 0 Å². The van der Waals surface area contributed by atoms with Gasteiger partial charge in [0.1, 0.15) is 5.76 Å². The molecule has 0 unspecified atom stereocenters. The molecule has 6 heavy (non-hydrogen) atoms. The maximum Gasteiger partial charge on any atom is 0.122 e. The van der Waals surface area contributed by atoms with E-state index in [1.165, 1.54) is 0 Å². The van der Waals surface area contributed by atoms with Gasteiger partial charge in [-0.25, -0.2) is 0 Å². The van der Waals surface area contributed by atoms with Crippen molar-refractivity contribution in [2.24, 2.45) is 5.73 Å². The van der Waals surface area contributed by atoms with Crippen LogP contribution in [0.3, 0.4) is 0 Å². The second-order valence-corrected chi connectivity index (χ2v) is 1.06. The molecule has 2 nitrogen and oxygen atoms in total. The van der Waals surface area contributed by atoms with Crippen molar-refractivity contribution >= 4 is 11.6 Å². The molecule has 0 rings (SSSR count). The van der Waals surface area contributed by atoms with Crippen molar-refractivity contribution in [2.75, 3.05) is 5.88 Å². The third kappa shape index (κ3) is 1.91. The van der Waals surface area contributed by atoms with Crippen LogP contribution in [0.25, 0.3) is 0 Å². The van der Waals surface area contributed by atoms with Crippen LogP contribution in [-0.2, 0) is 0 Å². The highest BCUT2D eigenvalue weighted by Crippen LogP contribution is 1.85. The Morgan fingerprint density at radius 1 is 2.00 bits per heavy atom. The molecule has 0 amide bonds. The molecule has 0 saturated carbocycles. The van der Waals surface area contributed by atoms with Crippen molar-refractivity contribution in [3.8, 4) is 0 Å². The maximum absolute atomic E-state index is 8.27. The van der Waals surface area contributed by atoms with Crippen molar-refractivity contribution in [3.05, 3.63) is 12.0 Å². The van der Waals surface area contributed by atoms with E-state index in [0.29, 0.717) is 0 Å². The highest BCUT2D eigenvalue weighted by molar-refractivity contribution is 6.19. The number of halogens is 1. The molecule has 0 radical (unpaired) electrons. The summed E-state index contributed by atoms with van der Waals surface area (Å²) in [6.07, 6.45) is 1.06. The van der Waals surface area contributed by atoms with Gasteiger partial charge in [-0.2, -0.15) is 0 Å². The third-order valence-electron chi connectivity index (χ3n) is 0.329. The first-order valence-corrected chi connectivity index (χ1v) is 2.00. The van der Waals surface area contributed by atoms with Gasteiger partial charge in [-0.05, 0) is 0 Å². The molecule has 0 aliphatic rings. The molecule has 0 aromatic heterocycles. The lowest BCUT2D eigenvalue weighted by atomic mass is 10.6. The summed E-state index contributed by atoms with van der Waals surface area (Å²) in [6, 6.07) is 0. The van der Waals surface area contributed by atoms with Gasteiger partial charge in [-0.3, -0.25) is 0 Å². The minimum absolute atomic E-state index is 0.0108. The zero-order chi connectivity index (χ0) is 4.99. The van der Waals surface area contributed by atoms with Crippen LogP contribution in [0.15, 0.2) is 12.0 Å². The summed E-state index contributed by atoms with van der Waals surface area (Å²) in [4.78, 5) is 0. The predicted molar refractivity (Wildman–Crippen MR) is 25.6 cm³/mol. The van der Waals surface area contributed by atoms with E-state index in [1.807, 2.05) is 0 Å². The Morgan fingerprint density at radius 2 is 2.50 bits per heavy atom. The molecular formula is C3H6ClNO. The minimum Gasteiger partial charge on any atom is -0.510 e. The fraction of sp³-hybridized carbons (Fsp3) is 0.333. The van der Waals surface area contributed by atoms with Crippen LogP contribution in [0.1, 0.15) is 0 Å². The van der Waals surface area contributed by atoms with E-state index in [9.17, 15) is 0 Å². The van der Waals surface area contributed by atoms with E-state index in [4.69, 9.17) is 22.4 Å². The molecule has 0 fully saturated rings. The quantitative estimate of drug-likeness (QED) is 0.381. The number of aliphatic hydroxyl groups excluding tert-OH is 1. The lowest BCUT2D eigenvalue weighted by Gasteiger charge is -1.83. The summed E-state index contributed by atoms with van der Waals surface area (Å²) >= 11 is 5.05. The standard InChI is InChI=1S/C3H6ClNO/c4-1-3(6)2-5/h2,6H,1,5H2. The fourth-order valence-corrected chi connectivity index (χ4v) is 0.134. The van der Waals surface area contributed by atoms with Gasteiger partial charge in [0.2, 0.25) is 0 Å². The molecular weight excluding hydrogens is 101 g/mol. The largest absolute Gasteiger partial charge is 0.510 e. The second-order valence-electron chi connectivity index (χ2n) is 0.792. The molecule has 0 aromatic rings. The Labute approximate surface area is 41.2 Å². The van der Waals surface area contributed by atoms with Gasteiger partial charge >= 0.3 is 0 Å². The van der Waals surface area contributed by atoms with Gasteiger partial charge in [0, 0.05) is 6.20 Å². The topological polar surface area (TPSA) is 46.2 Å². The molecule has 3 heteroatoms. The number of allylic oxidation sites excluding steroid dienone is 1. The van der Waals surface area contributed by atoms with E-state index in [2.05, 4.69) is 0 Å². The summed E-state index contributed by atoms with van der Waals surface area (Å²) in [5.41, 5.74) is 4.79. The Hall–Kier alpha value is -0.370. The molecule has 0 bridgehead atoms. The first kappa shape index (κ1) is 5.63. The molecule has 0 aliphatic heterocycles. The minimum atomic E-state index is 0.0108. The summed E-state index contributed by atoms with van der Waals surface area (Å²) in [6.45, 7) is 0. The fourth-order valence-electron chi connectivity index (χ4n) is 0.0445. The average Bonchev–Trinajstić information content (AvgIpc) is 1.65. The van der Waals surface area contributed by atoms with E-state index in [-0.39, 0.29) is 11.6 Å². The Morgan fingerprint density at radius 3 is 2.50 bits per heavy atom. The van der Waals surface area contributed by atoms with Crippen LogP contribution in [0.5, 0.6) is 0 Å². The number of aliphatic hydroxyl groups is 1. The van der Waals surface area contributed by atoms with Crippen LogP contribution in [0.4, 0.5) is 0 Å². The number of hydrogen-bond donors (Lipinski definition) is 2. The van der Waals surface area contributed by atoms with Crippen LogP contribution in [0, 0.1) is 0 Å². The van der Waals surface area contributed by atoms with E-state index in [1.54, 1.807) is 0 Å². The van der Waals surface area contributed by atoms with E-state index >= 15 is 0 Å². The lowest BCUT2D eigenvalue weighted by molar-refractivity contribution is 0.414. The van der Waals surface area contributed by atoms with Gasteiger partial charge in [0.05, 0.1) is 5.88 Å². The summed E-state index contributed by atoms with van der Waals surface area (Å²) in [5, 5.41) is 8.27. The van der Waals surface area contributed by atoms with Gasteiger partial charge in [0.15, 0.2) is 0 Å². The molecule has 3 N–H and O–H groups in total. The van der Waals surface area contributed by atoms with Gasteiger partial charge in [0.25, 0.3) is 0 Å². The van der Waals surface area contributed by atoms with Crippen LogP contribution >= 0.6 is 11.6 Å². The summed E-state index contributed by atoms with van der Waals surface area (Å²) < 4.78 is 0. The zero-order valence-electron chi connectivity index (χ0n) is 3.19. The first-order valence-electron chi connectivity index (χ1n) is 1.47. The van der Waals surface area contributed by atoms with E-state index in [0.717, 1.165) is 6.20 Å². The van der Waals surface area contributed by atoms with E-state index < -0.39 is 0 Å². The van der Waals surface area contributed by atoms with Gasteiger partial charge in [-0.1, -0.05) is 0 Å². The van der Waals surface area contributed by atoms with Crippen LogP contribution < -0.4 is 5.73 Å². The predicted octanol–water partition coefficient (Wildman–Crippen LogP) is 0.583. The molecule has 36 valence electrons. The summed E-state index contributed by atoms with van der Waals surface area (Å²) in [5.74, 6) is 0.105. The normalized spacial score (nSPS) is 11.8. The molecule has 0 spiro atoms. The molecule has 0 heterocycles. The van der Waals surface area contributed by atoms with Crippen molar-refractivity contribution in [3.63, 3.8) is 0 Å². The monoisotopic (exact) mass is 107 g/mol. The maximum atomic E-state index is 8.27. The van der Waals surface area contributed by atoms with Gasteiger partial charge < -0.3 is 10.8 Å². The molecule has 0 aliphatic carbocycles. The molecule has 0 aromatic carbocycles. The van der Waals surface area contributed by atoms with Crippen LogP contribution in [0.2, 0.25) is 0 Å². The average molecular weight is 108 g/mol. The summed E-state index contributed by atoms with van der Waals surface area (Å²) in [7, 11) is 0.